The molecule has 1 heterocycles. The monoisotopic (exact) mass is 186 g/mol. The van der Waals surface area contributed by atoms with E-state index < -0.39 is 12.0 Å². The van der Waals surface area contributed by atoms with Crippen LogP contribution in [0.4, 0.5) is 0 Å². The van der Waals surface area contributed by atoms with Gasteiger partial charge in [0.05, 0.1) is 7.11 Å². The van der Waals surface area contributed by atoms with Crippen molar-refractivity contribution in [3.8, 4) is 0 Å². The third-order valence-corrected chi connectivity index (χ3v) is 2.14. The van der Waals surface area contributed by atoms with Crippen LogP contribution in [-0.4, -0.2) is 43.0 Å². The Morgan fingerprint density at radius 3 is 2.38 bits per heavy atom. The zero-order valence-corrected chi connectivity index (χ0v) is 7.66. The van der Waals surface area contributed by atoms with Crippen molar-refractivity contribution >= 4 is 11.9 Å². The Kier molecular flexibility index (Phi) is 3.25. The van der Waals surface area contributed by atoms with Gasteiger partial charge < -0.3 is 15.4 Å². The zero-order valence-electron chi connectivity index (χ0n) is 7.66. The summed E-state index contributed by atoms with van der Waals surface area (Å²) in [5.41, 5.74) is 5.39. The molecule has 0 bridgehead atoms. The van der Waals surface area contributed by atoms with Crippen LogP contribution in [0.1, 0.15) is 12.8 Å². The number of hydrogen-bond donors (Lipinski definition) is 1. The molecule has 0 saturated carbocycles. The molecular weight excluding hydrogens is 172 g/mol. The Bertz CT molecular complexity index is 211. The lowest BCUT2D eigenvalue weighted by atomic mass is 10.3. The Morgan fingerprint density at radius 2 is 1.92 bits per heavy atom. The average molecular weight is 186 g/mol. The van der Waals surface area contributed by atoms with E-state index in [2.05, 4.69) is 4.74 Å². The minimum absolute atomic E-state index is 0.329. The number of esters is 1. The Labute approximate surface area is 76.8 Å². The van der Waals surface area contributed by atoms with Crippen LogP contribution >= 0.6 is 0 Å². The van der Waals surface area contributed by atoms with Crippen molar-refractivity contribution in [2.24, 2.45) is 5.73 Å². The van der Waals surface area contributed by atoms with Crippen molar-refractivity contribution in [2.75, 3.05) is 20.2 Å². The molecule has 5 heteroatoms. The fourth-order valence-electron chi connectivity index (χ4n) is 1.36. The van der Waals surface area contributed by atoms with Crippen LogP contribution in [0.25, 0.3) is 0 Å². The zero-order chi connectivity index (χ0) is 9.84. The predicted octanol–water partition coefficient (Wildman–Crippen LogP) is -0.891. The van der Waals surface area contributed by atoms with Crippen LogP contribution < -0.4 is 5.73 Å². The molecule has 1 amide bonds. The van der Waals surface area contributed by atoms with E-state index in [0.29, 0.717) is 13.1 Å². The van der Waals surface area contributed by atoms with Gasteiger partial charge in [-0.05, 0) is 12.8 Å². The number of ether oxygens (including phenoxy) is 1. The van der Waals surface area contributed by atoms with Gasteiger partial charge in [-0.15, -0.1) is 0 Å². The molecule has 1 fully saturated rings. The number of nitrogens with zero attached hydrogens (tertiary/aromatic N) is 1. The topological polar surface area (TPSA) is 72.6 Å². The lowest BCUT2D eigenvalue weighted by Crippen LogP contribution is -2.47. The largest absolute Gasteiger partial charge is 0.467 e. The molecule has 0 radical (unpaired) electrons. The first-order valence-corrected chi connectivity index (χ1v) is 4.29. The summed E-state index contributed by atoms with van der Waals surface area (Å²) in [6.45, 7) is 1.40. The maximum Gasteiger partial charge on any atom is 0.332 e. The first kappa shape index (κ1) is 9.98. The Morgan fingerprint density at radius 1 is 1.38 bits per heavy atom. The van der Waals surface area contributed by atoms with E-state index in [0.717, 1.165) is 12.8 Å². The number of amides is 1. The second-order valence-electron chi connectivity index (χ2n) is 3.03. The standard InChI is InChI=1S/C8H14N2O3/c1-13-8(12)6(9)7(11)10-4-2-3-5-10/h6H,2-5,9H2,1H3. The van der Waals surface area contributed by atoms with E-state index in [1.54, 1.807) is 4.90 Å². The molecule has 0 aromatic rings. The summed E-state index contributed by atoms with van der Waals surface area (Å²) < 4.78 is 4.38. The maximum atomic E-state index is 11.4. The summed E-state index contributed by atoms with van der Waals surface area (Å²) >= 11 is 0. The summed E-state index contributed by atoms with van der Waals surface area (Å²) in [6, 6.07) is -1.15. The number of likely N-dealkylation sites (tertiary alicyclic amines) is 1. The first-order valence-electron chi connectivity index (χ1n) is 4.29. The lowest BCUT2D eigenvalue weighted by molar-refractivity contribution is -0.148. The van der Waals surface area contributed by atoms with Crippen molar-refractivity contribution in [3.05, 3.63) is 0 Å². The summed E-state index contributed by atoms with van der Waals surface area (Å²) in [6.07, 6.45) is 1.97. The van der Waals surface area contributed by atoms with Crippen molar-refractivity contribution < 1.29 is 14.3 Å². The lowest BCUT2D eigenvalue weighted by Gasteiger charge is -2.18. The highest BCUT2D eigenvalue weighted by atomic mass is 16.5. The average Bonchev–Trinajstić information content (AvgIpc) is 2.67. The van der Waals surface area contributed by atoms with Crippen LogP contribution in [0.2, 0.25) is 0 Å². The number of rotatable bonds is 2. The quantitative estimate of drug-likeness (QED) is 0.448. The van der Waals surface area contributed by atoms with E-state index in [9.17, 15) is 9.59 Å². The third-order valence-electron chi connectivity index (χ3n) is 2.14. The van der Waals surface area contributed by atoms with Gasteiger partial charge in [0.15, 0.2) is 6.04 Å². The molecule has 13 heavy (non-hydrogen) atoms. The van der Waals surface area contributed by atoms with Crippen molar-refractivity contribution in [1.29, 1.82) is 0 Å². The van der Waals surface area contributed by atoms with E-state index in [4.69, 9.17) is 5.73 Å². The number of methoxy groups -OCH3 is 1. The molecule has 1 rings (SSSR count). The molecule has 1 unspecified atom stereocenters. The summed E-state index contributed by atoms with van der Waals surface area (Å²) in [4.78, 5) is 24.0. The fraction of sp³-hybridized carbons (Fsp3) is 0.750. The van der Waals surface area contributed by atoms with E-state index in [1.165, 1.54) is 7.11 Å². The van der Waals surface area contributed by atoms with Gasteiger partial charge in [-0.1, -0.05) is 0 Å². The van der Waals surface area contributed by atoms with Crippen LogP contribution in [0, 0.1) is 0 Å². The van der Waals surface area contributed by atoms with Crippen LogP contribution in [0.15, 0.2) is 0 Å². The predicted molar refractivity (Wildman–Crippen MR) is 45.8 cm³/mol. The highest BCUT2D eigenvalue weighted by Crippen LogP contribution is 2.08. The number of carbonyl (C=O) groups excluding carboxylic acids is 2. The summed E-state index contributed by atoms with van der Waals surface area (Å²) in [5.74, 6) is -0.999. The Hall–Kier alpha value is -1.10. The number of carbonyl (C=O) groups is 2. The van der Waals surface area contributed by atoms with Gasteiger partial charge in [0.2, 0.25) is 0 Å². The highest BCUT2D eigenvalue weighted by molar-refractivity contribution is 6.01. The molecule has 0 aromatic carbocycles. The van der Waals surface area contributed by atoms with Gasteiger partial charge in [0.1, 0.15) is 0 Å². The van der Waals surface area contributed by atoms with E-state index in [-0.39, 0.29) is 5.91 Å². The molecule has 0 aromatic heterocycles. The van der Waals surface area contributed by atoms with Crippen LogP contribution in [0.3, 0.4) is 0 Å². The molecular formula is C8H14N2O3. The fourth-order valence-corrected chi connectivity index (χ4v) is 1.36. The molecule has 1 saturated heterocycles. The SMILES string of the molecule is COC(=O)C(N)C(=O)N1CCCC1. The third kappa shape index (κ3) is 2.18. The van der Waals surface area contributed by atoms with Gasteiger partial charge in [-0.2, -0.15) is 0 Å². The molecule has 2 N–H and O–H groups in total. The molecule has 0 aliphatic carbocycles. The van der Waals surface area contributed by atoms with E-state index in [1.807, 2.05) is 0 Å². The van der Waals surface area contributed by atoms with Gasteiger partial charge in [0.25, 0.3) is 5.91 Å². The van der Waals surface area contributed by atoms with Crippen LogP contribution in [-0.2, 0) is 14.3 Å². The molecule has 1 aliphatic rings. The van der Waals surface area contributed by atoms with Gasteiger partial charge in [-0.3, -0.25) is 4.79 Å². The first-order chi connectivity index (χ1) is 6.16. The molecule has 5 nitrogen and oxygen atoms in total. The normalized spacial score (nSPS) is 18.5. The highest BCUT2D eigenvalue weighted by Gasteiger charge is 2.29. The van der Waals surface area contributed by atoms with Crippen molar-refractivity contribution in [2.45, 2.75) is 18.9 Å². The molecule has 0 spiro atoms. The second kappa shape index (κ2) is 4.23. The van der Waals surface area contributed by atoms with Gasteiger partial charge in [-0.25, -0.2) is 4.79 Å². The summed E-state index contributed by atoms with van der Waals surface area (Å²) in [5, 5.41) is 0. The van der Waals surface area contributed by atoms with E-state index >= 15 is 0 Å². The molecule has 1 aliphatic heterocycles. The molecule has 74 valence electrons. The summed E-state index contributed by atoms with van der Waals surface area (Å²) in [7, 11) is 1.22. The molecule has 1 atom stereocenters. The minimum Gasteiger partial charge on any atom is -0.467 e. The van der Waals surface area contributed by atoms with Gasteiger partial charge in [0, 0.05) is 13.1 Å². The number of nitrogens with two attached hydrogens (primary N) is 1. The minimum atomic E-state index is -1.15. The Balaban J connectivity index is 2.50. The van der Waals surface area contributed by atoms with Crippen LogP contribution in [0.5, 0.6) is 0 Å². The maximum absolute atomic E-state index is 11.4. The second-order valence-corrected chi connectivity index (χ2v) is 3.03. The smallest absolute Gasteiger partial charge is 0.332 e. The van der Waals surface area contributed by atoms with Crippen molar-refractivity contribution in [3.63, 3.8) is 0 Å². The van der Waals surface area contributed by atoms with Crippen molar-refractivity contribution in [1.82, 2.24) is 4.90 Å². The van der Waals surface area contributed by atoms with Gasteiger partial charge >= 0.3 is 5.97 Å². The number of hydrogen-bond acceptors (Lipinski definition) is 4.